The molecule has 0 amide bonds. The second-order valence-electron chi connectivity index (χ2n) is 7.74. The van der Waals surface area contributed by atoms with E-state index in [1.54, 1.807) is 12.4 Å². The molecule has 5 aromatic rings. The number of nitrogens with one attached hydrogen (secondary N) is 1. The number of fused-ring (bicyclic) bond motifs is 1. The van der Waals surface area contributed by atoms with Crippen LogP contribution >= 0.6 is 0 Å². The second-order valence-corrected chi connectivity index (χ2v) is 7.74. The highest BCUT2D eigenvalue weighted by atomic mass is 16.2. The molecule has 35 heavy (non-hydrogen) atoms. The molecule has 0 aliphatic heterocycles. The number of pyridine rings is 2. The monoisotopic (exact) mass is 459 g/mol. The van der Waals surface area contributed by atoms with Gasteiger partial charge in [0.25, 0.3) is 0 Å². The molecule has 172 valence electrons. The Kier molecular flexibility index (Phi) is 7.31. The number of nitrogens with zero attached hydrogens (tertiary/aromatic N) is 3. The molecule has 6 nitrogen and oxygen atoms in total. The van der Waals surface area contributed by atoms with Gasteiger partial charge in [-0.15, -0.1) is 0 Å². The summed E-state index contributed by atoms with van der Waals surface area (Å²) in [4.78, 5) is 9.03. The Balaban J connectivity index is 0.00000141. The molecule has 0 fully saturated rings. The fourth-order valence-corrected chi connectivity index (χ4v) is 4.10. The highest BCUT2D eigenvalue weighted by molar-refractivity contribution is 6.10. The maximum absolute atomic E-state index is 10.0. The molecule has 0 radical (unpaired) electrons. The Morgan fingerprint density at radius 3 is 2.29 bits per heavy atom. The van der Waals surface area contributed by atoms with Crippen molar-refractivity contribution in [1.29, 1.82) is 5.26 Å². The van der Waals surface area contributed by atoms with E-state index < -0.39 is 0 Å². The van der Waals surface area contributed by atoms with Crippen LogP contribution in [0.4, 0.5) is 11.5 Å². The van der Waals surface area contributed by atoms with Crippen molar-refractivity contribution in [3.63, 3.8) is 0 Å². The van der Waals surface area contributed by atoms with Crippen LogP contribution in [0, 0.1) is 11.3 Å². The third-order valence-corrected chi connectivity index (χ3v) is 5.57. The summed E-state index contributed by atoms with van der Waals surface area (Å²) < 4.78 is 0. The van der Waals surface area contributed by atoms with Crippen LogP contribution in [0.25, 0.3) is 33.0 Å². The molecule has 5 rings (SSSR count). The molecule has 2 aromatic heterocycles. The second kappa shape index (κ2) is 10.9. The van der Waals surface area contributed by atoms with E-state index in [0.717, 1.165) is 45.7 Å². The molecule has 2 heterocycles. The van der Waals surface area contributed by atoms with Crippen LogP contribution in [-0.2, 0) is 6.54 Å². The van der Waals surface area contributed by atoms with Crippen LogP contribution in [0.15, 0.2) is 97.3 Å². The number of benzene rings is 3. The lowest BCUT2D eigenvalue weighted by molar-refractivity contribution is 0.399. The summed E-state index contributed by atoms with van der Waals surface area (Å²) in [6, 6.07) is 30.6. The molecular weight excluding hydrogens is 434 g/mol. The first-order valence-electron chi connectivity index (χ1n) is 11.1. The number of hydrogen-bond donors (Lipinski definition) is 3. The van der Waals surface area contributed by atoms with Crippen LogP contribution in [0.5, 0.6) is 0 Å². The SMILES string of the molecule is CO.N#Cc1nc(NCc2ccccc2)c2c(-c3ccccc3)cccc2c1-c1cncc(N)c1. The van der Waals surface area contributed by atoms with Crippen molar-refractivity contribution < 1.29 is 5.11 Å². The Morgan fingerprint density at radius 2 is 1.60 bits per heavy atom. The molecule has 0 bridgehead atoms. The Bertz CT molecular complexity index is 1480. The lowest BCUT2D eigenvalue weighted by atomic mass is 9.92. The number of aliphatic hydroxyl groups is 1. The quantitative estimate of drug-likeness (QED) is 0.314. The van der Waals surface area contributed by atoms with Crippen molar-refractivity contribution >= 4 is 22.3 Å². The van der Waals surface area contributed by atoms with E-state index in [0.29, 0.717) is 23.7 Å². The summed E-state index contributed by atoms with van der Waals surface area (Å²) >= 11 is 0. The zero-order chi connectivity index (χ0) is 24.6. The van der Waals surface area contributed by atoms with Crippen LogP contribution in [-0.4, -0.2) is 22.2 Å². The molecule has 4 N–H and O–H groups in total. The number of aromatic nitrogens is 2. The number of hydrogen-bond acceptors (Lipinski definition) is 6. The average Bonchev–Trinajstić information content (AvgIpc) is 2.93. The minimum absolute atomic E-state index is 0.329. The fraction of sp³-hybridized carbons (Fsp3) is 0.0690. The number of nitriles is 1. The third kappa shape index (κ3) is 4.96. The maximum Gasteiger partial charge on any atom is 0.151 e. The van der Waals surface area contributed by atoms with Gasteiger partial charge in [-0.05, 0) is 28.1 Å². The minimum atomic E-state index is 0.329. The molecule has 0 saturated heterocycles. The van der Waals surface area contributed by atoms with E-state index >= 15 is 0 Å². The van der Waals surface area contributed by atoms with Gasteiger partial charge in [0.15, 0.2) is 5.69 Å². The van der Waals surface area contributed by atoms with Crippen molar-refractivity contribution in [1.82, 2.24) is 9.97 Å². The highest BCUT2D eigenvalue weighted by Gasteiger charge is 2.19. The fourth-order valence-electron chi connectivity index (χ4n) is 4.10. The standard InChI is InChI=1S/C28H21N5.CH4O/c29-15-25-26(21-14-22(30)18-31-17-21)24-13-7-12-23(20-10-5-2-6-11-20)27(24)28(33-25)32-16-19-8-3-1-4-9-19;1-2/h1-14,17-18H,16,30H2,(H,32,33);2H,1H3. The lowest BCUT2D eigenvalue weighted by Gasteiger charge is -2.17. The van der Waals surface area contributed by atoms with Gasteiger partial charge >= 0.3 is 0 Å². The van der Waals surface area contributed by atoms with Crippen molar-refractivity contribution in [2.45, 2.75) is 6.54 Å². The predicted octanol–water partition coefficient (Wildman–Crippen LogP) is 5.64. The number of nitrogen functional groups attached to an aromatic ring is 1. The summed E-state index contributed by atoms with van der Waals surface area (Å²) in [6.07, 6.45) is 3.32. The Morgan fingerprint density at radius 1 is 0.886 bits per heavy atom. The first-order chi connectivity index (χ1) is 17.2. The topological polar surface area (TPSA) is 108 Å². The van der Waals surface area contributed by atoms with E-state index in [-0.39, 0.29) is 0 Å². The van der Waals surface area contributed by atoms with Crippen molar-refractivity contribution in [2.24, 2.45) is 0 Å². The van der Waals surface area contributed by atoms with Gasteiger partial charge in [0.2, 0.25) is 0 Å². The van der Waals surface area contributed by atoms with E-state index in [1.165, 1.54) is 0 Å². The Labute approximate surface area is 204 Å². The smallest absolute Gasteiger partial charge is 0.151 e. The van der Waals surface area contributed by atoms with E-state index in [9.17, 15) is 5.26 Å². The molecule has 0 aliphatic rings. The number of nitrogens with two attached hydrogens (primary N) is 1. The minimum Gasteiger partial charge on any atom is -0.400 e. The van der Waals surface area contributed by atoms with Crippen LogP contribution in [0.3, 0.4) is 0 Å². The third-order valence-electron chi connectivity index (χ3n) is 5.57. The van der Waals surface area contributed by atoms with Gasteiger partial charge in [-0.1, -0.05) is 78.9 Å². The van der Waals surface area contributed by atoms with Gasteiger partial charge in [0.05, 0.1) is 5.69 Å². The zero-order valence-electron chi connectivity index (χ0n) is 19.3. The van der Waals surface area contributed by atoms with Crippen molar-refractivity contribution in [3.05, 3.63) is 109 Å². The predicted molar refractivity (Wildman–Crippen MR) is 141 cm³/mol. The van der Waals surface area contributed by atoms with Gasteiger partial charge in [-0.3, -0.25) is 4.98 Å². The molecule has 6 heteroatoms. The summed E-state index contributed by atoms with van der Waals surface area (Å²) in [5.74, 6) is 0.672. The molecule has 3 aromatic carbocycles. The van der Waals surface area contributed by atoms with Gasteiger partial charge in [-0.25, -0.2) is 4.98 Å². The molecule has 0 atom stereocenters. The van der Waals surface area contributed by atoms with E-state index in [2.05, 4.69) is 46.7 Å². The lowest BCUT2D eigenvalue weighted by Crippen LogP contribution is -2.05. The zero-order valence-corrected chi connectivity index (χ0v) is 19.3. The highest BCUT2D eigenvalue weighted by Crippen LogP contribution is 2.40. The van der Waals surface area contributed by atoms with Gasteiger partial charge in [0.1, 0.15) is 11.9 Å². The first kappa shape index (κ1) is 23.4. The molecule has 0 spiro atoms. The summed E-state index contributed by atoms with van der Waals surface area (Å²) in [5.41, 5.74) is 11.6. The van der Waals surface area contributed by atoms with Crippen LogP contribution in [0.2, 0.25) is 0 Å². The molecule has 0 saturated carbocycles. The van der Waals surface area contributed by atoms with E-state index in [1.807, 2.05) is 54.6 Å². The van der Waals surface area contributed by atoms with Gasteiger partial charge < -0.3 is 16.2 Å². The van der Waals surface area contributed by atoms with Crippen molar-refractivity contribution in [3.8, 4) is 28.3 Å². The molecular formula is C29H25N5O. The molecule has 0 aliphatic carbocycles. The molecule has 0 unspecified atom stereocenters. The Hall–Kier alpha value is -4.73. The summed E-state index contributed by atoms with van der Waals surface area (Å²) in [5, 5.41) is 22.4. The van der Waals surface area contributed by atoms with Crippen LogP contribution < -0.4 is 11.1 Å². The normalized spacial score (nSPS) is 10.2. The van der Waals surface area contributed by atoms with E-state index in [4.69, 9.17) is 15.8 Å². The number of rotatable bonds is 5. The van der Waals surface area contributed by atoms with Crippen LogP contribution in [0.1, 0.15) is 11.3 Å². The van der Waals surface area contributed by atoms with Gasteiger partial charge in [0, 0.05) is 42.6 Å². The van der Waals surface area contributed by atoms with Crippen molar-refractivity contribution in [2.75, 3.05) is 18.2 Å². The maximum atomic E-state index is 10.0. The summed E-state index contributed by atoms with van der Waals surface area (Å²) in [7, 11) is 1.00. The van der Waals surface area contributed by atoms with Gasteiger partial charge in [-0.2, -0.15) is 5.26 Å². The first-order valence-corrected chi connectivity index (χ1v) is 11.1. The number of aliphatic hydroxyl groups excluding tert-OH is 1. The largest absolute Gasteiger partial charge is 0.400 e. The summed E-state index contributed by atoms with van der Waals surface area (Å²) in [6.45, 7) is 0.593. The number of anilines is 2. The average molecular weight is 460 g/mol.